The Labute approximate surface area is 656 Å². The van der Waals surface area contributed by atoms with E-state index in [1.165, 1.54) is 13.8 Å². The average Bonchev–Trinajstić information content (AvgIpc) is 1.46. The van der Waals surface area contributed by atoms with Crippen LogP contribution in [0.5, 0.6) is 0 Å². The van der Waals surface area contributed by atoms with Gasteiger partial charge in [-0.15, -0.1) is 0 Å². The second kappa shape index (κ2) is 47.1. The summed E-state index contributed by atoms with van der Waals surface area (Å²) < 4.78 is 68.3. The van der Waals surface area contributed by atoms with Gasteiger partial charge in [0.05, 0.1) is 186 Å². The summed E-state index contributed by atoms with van der Waals surface area (Å²) in [6.07, 6.45) is -9.85. The van der Waals surface area contributed by atoms with Crippen molar-refractivity contribution < 1.29 is 121 Å². The molecule has 45 heteroatoms. The molecule has 0 saturated carbocycles. The first-order valence-electron chi connectivity index (χ1n) is 34.0. The van der Waals surface area contributed by atoms with Gasteiger partial charge in [-0.2, -0.15) is 0 Å². The maximum atomic E-state index is 13.6. The maximum Gasteiger partial charge on any atom is 0.336 e. The molecule has 12 atom stereocenters. The number of esters is 8. The van der Waals surface area contributed by atoms with Crippen molar-refractivity contribution in [3.63, 3.8) is 0 Å². The third-order valence-electron chi connectivity index (χ3n) is 16.4. The Hall–Kier alpha value is -8.67. The minimum Gasteiger partial charge on any atom is -0.469 e. The minimum atomic E-state index is -1.85. The Morgan fingerprint density at radius 1 is 0.402 bits per heavy atom. The fraction of sp³-hybridized carbons (Fsp3) is 0.716. The number of hydrogen-bond acceptors (Lipinski definition) is 34. The molecule has 4 saturated heterocycles. The van der Waals surface area contributed by atoms with Gasteiger partial charge in [0.1, 0.15) is 51.8 Å². The average molecular weight is 1740 g/mol. The number of ether oxygens (including phenoxy) is 12. The Balaban J connectivity index is 0.000000746. The lowest BCUT2D eigenvalue weighted by atomic mass is 9.86. The van der Waals surface area contributed by atoms with Crippen LogP contribution in [0, 0.1) is 23.7 Å². The molecule has 4 fully saturated rings. The third-order valence-corrected chi connectivity index (χ3v) is 18.6. The molecular formula is C67H103Br2N9O34. The van der Waals surface area contributed by atoms with Crippen LogP contribution in [0.1, 0.15) is 95.9 Å². The molecule has 7 rings (SSSR count). The quantitative estimate of drug-likeness (QED) is 0.0203. The highest BCUT2D eigenvalue weighted by atomic mass is 79.9. The van der Waals surface area contributed by atoms with Crippen molar-refractivity contribution in [1.82, 2.24) is 41.1 Å². The highest BCUT2D eigenvalue weighted by Crippen LogP contribution is 2.28. The summed E-state index contributed by atoms with van der Waals surface area (Å²) in [5.74, 6) is -16.1. The normalized spacial score (nSPS) is 17.8. The van der Waals surface area contributed by atoms with Gasteiger partial charge in [0.2, 0.25) is 0 Å². The Bertz CT molecular complexity index is 4170. The number of carbonyl (C=O) groups is 8. The first kappa shape index (κ1) is 99.4. The Morgan fingerprint density at radius 3 is 0.964 bits per heavy atom. The first-order chi connectivity index (χ1) is 51.2. The van der Waals surface area contributed by atoms with E-state index >= 15 is 0 Å². The number of carbonyl (C=O) groups excluding carboxylic acids is 8. The van der Waals surface area contributed by atoms with E-state index < -0.39 is 263 Å². The number of aliphatic hydroxyl groups excluding tert-OH is 5. The van der Waals surface area contributed by atoms with Crippen molar-refractivity contribution in [2.24, 2.45) is 23.7 Å². The molecule has 112 heavy (non-hydrogen) atoms. The number of halogens is 2. The topological polar surface area (TPSA) is 560 Å². The summed E-state index contributed by atoms with van der Waals surface area (Å²) in [5.41, 5.74) is -8.98. The number of aromatic nitrogens is 9. The monoisotopic (exact) mass is 1740 g/mol. The third kappa shape index (κ3) is 29.4. The van der Waals surface area contributed by atoms with Crippen molar-refractivity contribution in [2.75, 3.05) is 86.9 Å². The van der Waals surface area contributed by atoms with E-state index in [0.717, 1.165) is 37.1 Å². The van der Waals surface area contributed by atoms with Crippen LogP contribution < -0.4 is 51.2 Å². The summed E-state index contributed by atoms with van der Waals surface area (Å²) in [6.45, 7) is -0.141. The van der Waals surface area contributed by atoms with Crippen molar-refractivity contribution in [1.29, 1.82) is 0 Å². The standard InChI is InChI=1S/C34H48N6O19.C29H39Br2N3O15.4CH4/c1-4-5-35-29(48)36(6-8-41)31(50)37(30(35)49)7-9-55-26(45)11-24(27(46)58-15-19(2)42)23(10-25(44)54-3)28(47)59-16-20(43)12-38-32(51)39(13-21-17-56-21)34(53)40(33(38)52)14-22-18-57-22;1-4-21(30)22(31)14-47-24(38)6-20(25(39)48-10-15(2)35)19(5-23(37)44-3)26(40)49-11-16(36)7-32-27(41)33(8-17-12-45-17)29(43)34(28(32)42)9-18-13-46-18;;;;/h19-24,41-43H,4-18H2,1-3H3;15-20,35-36H,4-14H2,1-3H3;4*1H4/b;22-21+;;;;. The van der Waals surface area contributed by atoms with Crippen molar-refractivity contribution in [3.8, 4) is 0 Å². The molecule has 4 aliphatic rings. The van der Waals surface area contributed by atoms with Crippen LogP contribution in [0.15, 0.2) is 52.1 Å². The van der Waals surface area contributed by atoms with Crippen molar-refractivity contribution >= 4 is 79.6 Å². The largest absolute Gasteiger partial charge is 0.469 e. The molecule has 0 aliphatic carbocycles. The lowest BCUT2D eigenvalue weighted by Gasteiger charge is -2.24. The number of allylic oxidation sites excluding steroid dienone is 1. The summed E-state index contributed by atoms with van der Waals surface area (Å²) in [7, 11) is 2.01. The van der Waals surface area contributed by atoms with E-state index in [4.69, 9.17) is 47.4 Å². The lowest BCUT2D eigenvalue weighted by Crippen LogP contribution is -2.56. The van der Waals surface area contributed by atoms with Gasteiger partial charge < -0.3 is 82.4 Å². The van der Waals surface area contributed by atoms with E-state index in [9.17, 15) is 107 Å². The zero-order valence-electron chi connectivity index (χ0n) is 59.7. The van der Waals surface area contributed by atoms with Gasteiger partial charge in [-0.1, -0.05) is 75.4 Å². The molecular weight excluding hydrogens is 1630 g/mol. The van der Waals surface area contributed by atoms with Crippen LogP contribution in [-0.4, -0.2) is 250 Å². The predicted molar refractivity (Wildman–Crippen MR) is 394 cm³/mol. The molecule has 0 spiro atoms. The van der Waals surface area contributed by atoms with Gasteiger partial charge >= 0.3 is 99.0 Å². The molecule has 12 unspecified atom stereocenters. The van der Waals surface area contributed by atoms with Gasteiger partial charge in [-0.25, -0.2) is 84.3 Å². The zero-order valence-corrected chi connectivity index (χ0v) is 62.8. The van der Waals surface area contributed by atoms with Crippen molar-refractivity contribution in [2.45, 2.75) is 204 Å². The van der Waals surface area contributed by atoms with E-state index in [-0.39, 0.29) is 82.3 Å². The van der Waals surface area contributed by atoms with E-state index in [0.29, 0.717) is 53.3 Å². The molecule has 0 bridgehead atoms. The van der Waals surface area contributed by atoms with Gasteiger partial charge in [0.15, 0.2) is 0 Å². The van der Waals surface area contributed by atoms with E-state index in [1.54, 1.807) is 6.92 Å². The summed E-state index contributed by atoms with van der Waals surface area (Å²) in [5, 5.41) is 50.2. The van der Waals surface area contributed by atoms with Crippen LogP contribution >= 0.6 is 31.9 Å². The van der Waals surface area contributed by atoms with Crippen LogP contribution in [-0.2, 0) is 154 Å². The minimum absolute atomic E-state index is 0. The number of methoxy groups -OCH3 is 2. The molecule has 0 aromatic carbocycles. The molecule has 43 nitrogen and oxygen atoms in total. The number of aliphatic hydroxyl groups is 5. The first-order valence-corrected chi connectivity index (χ1v) is 35.5. The highest BCUT2D eigenvalue weighted by molar-refractivity contribution is 9.14. The molecule has 0 amide bonds. The molecule has 4 aliphatic heterocycles. The smallest absolute Gasteiger partial charge is 0.336 e. The molecule has 634 valence electrons. The summed E-state index contributed by atoms with van der Waals surface area (Å²) in [4.78, 5) is 221. The number of hydrogen-bond donors (Lipinski definition) is 5. The maximum absolute atomic E-state index is 13.6. The summed E-state index contributed by atoms with van der Waals surface area (Å²) >= 11 is 6.59. The van der Waals surface area contributed by atoms with Gasteiger partial charge in [0.25, 0.3) is 0 Å². The van der Waals surface area contributed by atoms with Gasteiger partial charge in [-0.3, -0.25) is 38.4 Å². The lowest BCUT2D eigenvalue weighted by molar-refractivity contribution is -0.169. The molecule has 5 N–H and O–H groups in total. The molecule has 7 heterocycles. The fourth-order valence-corrected chi connectivity index (χ4v) is 10.8. The van der Waals surface area contributed by atoms with E-state index in [2.05, 4.69) is 41.3 Å². The zero-order chi connectivity index (χ0) is 80.0. The van der Waals surface area contributed by atoms with Crippen LogP contribution in [0.3, 0.4) is 0 Å². The number of nitrogens with zero attached hydrogens (tertiary/aromatic N) is 9. The molecule has 3 aromatic heterocycles. The van der Waals surface area contributed by atoms with E-state index in [1.807, 2.05) is 6.92 Å². The Morgan fingerprint density at radius 2 is 0.679 bits per heavy atom. The summed E-state index contributed by atoms with van der Waals surface area (Å²) in [6, 6.07) is 0. The fourth-order valence-electron chi connectivity index (χ4n) is 10.3. The molecule has 3 aromatic rings. The van der Waals surface area contributed by atoms with Crippen LogP contribution in [0.4, 0.5) is 0 Å². The number of epoxide rings is 4. The van der Waals surface area contributed by atoms with Gasteiger partial charge in [-0.05, 0) is 26.7 Å². The molecule has 0 radical (unpaired) electrons. The SMILES string of the molecule is C.C.C.C.CC/C(Br)=C(\Br)COC(=O)CC(C(=O)OCC(C)O)C(CC(=O)OC)C(=O)OCC(O)Cn1c(=O)n(CC2CO2)c(=O)n(CC2CO2)c1=O.CCCn1c(=O)n(CCO)c(=O)n(CCOC(=O)CC(C(=O)OCC(C)O)C(CC(=O)OC)C(=O)OCC(O)Cn2c(=O)n(CC3CO3)c(=O)n(CC3CO3)c2=O)c1=O. The highest BCUT2D eigenvalue weighted by Gasteiger charge is 2.43. The van der Waals surface area contributed by atoms with Crippen molar-refractivity contribution in [3.05, 3.63) is 103 Å². The second-order valence-electron chi connectivity index (χ2n) is 25.2. The van der Waals surface area contributed by atoms with Crippen LogP contribution in [0.2, 0.25) is 0 Å². The predicted octanol–water partition coefficient (Wildman–Crippen LogP) is -4.40. The van der Waals surface area contributed by atoms with Gasteiger partial charge in [0, 0.05) is 15.5 Å². The Kier molecular flexibility index (Phi) is 41.8. The number of rotatable bonds is 44. The second-order valence-corrected chi connectivity index (χ2v) is 27.1. The van der Waals surface area contributed by atoms with Crippen LogP contribution in [0.25, 0.3) is 0 Å².